The molecule has 9 heteroatoms. The van der Waals surface area contributed by atoms with Gasteiger partial charge in [0.2, 0.25) is 11.2 Å². The molecule has 0 fully saturated rings. The first-order valence-electron chi connectivity index (χ1n) is 5.85. The normalized spacial score (nSPS) is 10.8. The molecule has 0 saturated heterocycles. The summed E-state index contributed by atoms with van der Waals surface area (Å²) in [6.45, 7) is 3.48. The van der Waals surface area contributed by atoms with Crippen LogP contribution in [0, 0.1) is 17.5 Å². The van der Waals surface area contributed by atoms with Crippen molar-refractivity contribution in [3.63, 3.8) is 0 Å². The Bertz CT molecular complexity index is 646. The van der Waals surface area contributed by atoms with Crippen LogP contribution in [-0.2, 0) is 0 Å². The minimum atomic E-state index is -1.13. The Morgan fingerprint density at radius 2 is 1.71 bits per heavy atom. The molecule has 0 aliphatic rings. The molecule has 0 radical (unpaired) electrons. The Hall–Kier alpha value is -2.09. The third-order valence-electron chi connectivity index (χ3n) is 2.17. The van der Waals surface area contributed by atoms with E-state index in [0.717, 1.165) is 0 Å². The fourth-order valence-corrected chi connectivity index (χ4v) is 1.58. The highest BCUT2D eigenvalue weighted by molar-refractivity contribution is 6.28. The van der Waals surface area contributed by atoms with Crippen molar-refractivity contribution in [2.45, 2.75) is 20.0 Å². The van der Waals surface area contributed by atoms with Crippen LogP contribution in [0.2, 0.25) is 5.28 Å². The molecule has 2 rings (SSSR count). The van der Waals surface area contributed by atoms with Crippen molar-refractivity contribution in [1.82, 2.24) is 15.0 Å². The molecule has 0 amide bonds. The lowest BCUT2D eigenvalue weighted by molar-refractivity contribution is 0.222. The van der Waals surface area contributed by atoms with Crippen LogP contribution in [-0.4, -0.2) is 21.1 Å². The Morgan fingerprint density at radius 3 is 2.29 bits per heavy atom. The van der Waals surface area contributed by atoms with Crippen LogP contribution in [0.5, 0.6) is 6.01 Å². The van der Waals surface area contributed by atoms with Gasteiger partial charge >= 0.3 is 6.01 Å². The summed E-state index contributed by atoms with van der Waals surface area (Å²) in [5, 5.41) is 2.06. The molecule has 1 N–H and O–H groups in total. The van der Waals surface area contributed by atoms with Crippen LogP contribution in [0.3, 0.4) is 0 Å². The Labute approximate surface area is 123 Å². The van der Waals surface area contributed by atoms with Gasteiger partial charge in [0.25, 0.3) is 0 Å². The van der Waals surface area contributed by atoms with Gasteiger partial charge in [-0.1, -0.05) is 0 Å². The summed E-state index contributed by atoms with van der Waals surface area (Å²) in [5.41, 5.74) is -0.603. The molecule has 1 aromatic heterocycles. The maximum atomic E-state index is 13.5. The van der Waals surface area contributed by atoms with Gasteiger partial charge in [-0.15, -0.1) is 0 Å². The predicted molar refractivity (Wildman–Crippen MR) is 70.2 cm³/mol. The molecule has 21 heavy (non-hydrogen) atoms. The minimum absolute atomic E-state index is 0.101. The highest BCUT2D eigenvalue weighted by Crippen LogP contribution is 2.24. The van der Waals surface area contributed by atoms with Crippen molar-refractivity contribution >= 4 is 23.2 Å². The third-order valence-corrected chi connectivity index (χ3v) is 2.34. The lowest BCUT2D eigenvalue weighted by atomic mass is 10.3. The van der Waals surface area contributed by atoms with Gasteiger partial charge in [-0.2, -0.15) is 15.0 Å². The number of ether oxygens (including phenoxy) is 1. The van der Waals surface area contributed by atoms with Crippen LogP contribution in [0.25, 0.3) is 0 Å². The fourth-order valence-electron chi connectivity index (χ4n) is 1.42. The topological polar surface area (TPSA) is 59.9 Å². The van der Waals surface area contributed by atoms with Crippen LogP contribution in [0.15, 0.2) is 12.1 Å². The van der Waals surface area contributed by atoms with E-state index < -0.39 is 23.1 Å². The summed E-state index contributed by atoms with van der Waals surface area (Å²) >= 11 is 5.67. The molecule has 0 aliphatic carbocycles. The van der Waals surface area contributed by atoms with Crippen LogP contribution in [0.4, 0.5) is 24.8 Å². The second-order valence-electron chi connectivity index (χ2n) is 4.25. The SMILES string of the molecule is CC(C)Oc1nc(Cl)nc(Nc2c(F)cc(F)cc2F)n1. The number of hydrogen-bond donors (Lipinski definition) is 1. The zero-order chi connectivity index (χ0) is 15.6. The largest absolute Gasteiger partial charge is 0.461 e. The van der Waals surface area contributed by atoms with E-state index in [2.05, 4.69) is 20.3 Å². The minimum Gasteiger partial charge on any atom is -0.461 e. The summed E-state index contributed by atoms with van der Waals surface area (Å²) in [4.78, 5) is 11.2. The maximum Gasteiger partial charge on any atom is 0.322 e. The van der Waals surface area contributed by atoms with Gasteiger partial charge in [-0.3, -0.25) is 0 Å². The van der Waals surface area contributed by atoms with Gasteiger partial charge in [-0.05, 0) is 25.4 Å². The average Bonchev–Trinajstić information content (AvgIpc) is 2.32. The second-order valence-corrected chi connectivity index (χ2v) is 4.58. The van der Waals surface area contributed by atoms with Gasteiger partial charge in [0.05, 0.1) is 6.10 Å². The van der Waals surface area contributed by atoms with Crippen molar-refractivity contribution < 1.29 is 17.9 Å². The fraction of sp³-hybridized carbons (Fsp3) is 0.250. The van der Waals surface area contributed by atoms with E-state index in [-0.39, 0.29) is 23.3 Å². The summed E-state index contributed by atoms with van der Waals surface area (Å²) in [6.07, 6.45) is -0.226. The van der Waals surface area contributed by atoms with Crippen LogP contribution in [0.1, 0.15) is 13.8 Å². The molecule has 0 bridgehead atoms. The van der Waals surface area contributed by atoms with E-state index in [4.69, 9.17) is 16.3 Å². The molecule has 0 atom stereocenters. The number of benzene rings is 1. The van der Waals surface area contributed by atoms with Crippen molar-refractivity contribution in [2.75, 3.05) is 5.32 Å². The van der Waals surface area contributed by atoms with Crippen molar-refractivity contribution in [1.29, 1.82) is 0 Å². The summed E-state index contributed by atoms with van der Waals surface area (Å²) in [6, 6.07) is 0.954. The molecule has 0 aliphatic heterocycles. The first kappa shape index (κ1) is 15.3. The molecule has 1 aromatic carbocycles. The standard InChI is InChI=1S/C12H10ClF3N4O/c1-5(2)21-12-19-10(13)18-11(20-12)17-9-7(15)3-6(14)4-8(9)16/h3-5H,1-2H3,(H,17,18,19,20). The number of nitrogens with one attached hydrogen (secondary N) is 1. The molecule has 112 valence electrons. The number of nitrogens with zero attached hydrogens (tertiary/aromatic N) is 3. The van der Waals surface area contributed by atoms with Gasteiger partial charge in [0.15, 0.2) is 11.6 Å². The average molecular weight is 319 g/mol. The lowest BCUT2D eigenvalue weighted by Gasteiger charge is -2.10. The molecule has 0 saturated carbocycles. The summed E-state index contributed by atoms with van der Waals surface area (Å²) < 4.78 is 45.1. The molecular weight excluding hydrogens is 309 g/mol. The van der Waals surface area contributed by atoms with Crippen molar-refractivity contribution in [3.05, 3.63) is 34.9 Å². The third kappa shape index (κ3) is 3.94. The zero-order valence-corrected chi connectivity index (χ0v) is 11.7. The maximum absolute atomic E-state index is 13.5. The molecule has 0 spiro atoms. The Kier molecular flexibility index (Phi) is 4.46. The molecule has 1 heterocycles. The number of anilines is 2. The Morgan fingerprint density at radius 1 is 1.10 bits per heavy atom. The number of hydrogen-bond acceptors (Lipinski definition) is 5. The second kappa shape index (κ2) is 6.13. The van der Waals surface area contributed by atoms with Gasteiger partial charge in [0, 0.05) is 12.1 Å². The zero-order valence-electron chi connectivity index (χ0n) is 11.0. The first-order chi connectivity index (χ1) is 9.85. The van der Waals surface area contributed by atoms with Gasteiger partial charge < -0.3 is 10.1 Å². The van der Waals surface area contributed by atoms with Crippen LogP contribution >= 0.6 is 11.6 Å². The monoisotopic (exact) mass is 318 g/mol. The van der Waals surface area contributed by atoms with Crippen LogP contribution < -0.4 is 10.1 Å². The summed E-state index contributed by atoms with van der Waals surface area (Å²) in [5.74, 6) is -3.52. The van der Waals surface area contributed by atoms with E-state index in [1.54, 1.807) is 13.8 Å². The smallest absolute Gasteiger partial charge is 0.322 e. The predicted octanol–water partition coefficient (Wildman–Crippen LogP) is 3.47. The first-order valence-corrected chi connectivity index (χ1v) is 6.22. The van der Waals surface area contributed by atoms with E-state index in [0.29, 0.717) is 12.1 Å². The highest BCUT2D eigenvalue weighted by atomic mass is 35.5. The van der Waals surface area contributed by atoms with Crippen molar-refractivity contribution in [2.24, 2.45) is 0 Å². The van der Waals surface area contributed by atoms with Gasteiger partial charge in [0.1, 0.15) is 11.5 Å². The van der Waals surface area contributed by atoms with E-state index >= 15 is 0 Å². The van der Waals surface area contributed by atoms with Gasteiger partial charge in [-0.25, -0.2) is 13.2 Å². The van der Waals surface area contributed by atoms with E-state index in [1.165, 1.54) is 0 Å². The number of aromatic nitrogens is 3. The summed E-state index contributed by atoms with van der Waals surface area (Å²) in [7, 11) is 0. The quantitative estimate of drug-likeness (QED) is 0.935. The Balaban J connectivity index is 2.33. The lowest BCUT2D eigenvalue weighted by Crippen LogP contribution is -2.11. The molecule has 0 unspecified atom stereocenters. The number of halogens is 4. The van der Waals surface area contributed by atoms with E-state index in [9.17, 15) is 13.2 Å². The molecule has 2 aromatic rings. The number of rotatable bonds is 4. The van der Waals surface area contributed by atoms with E-state index in [1.807, 2.05) is 0 Å². The molecule has 5 nitrogen and oxygen atoms in total. The van der Waals surface area contributed by atoms with Crippen molar-refractivity contribution in [3.8, 4) is 6.01 Å². The highest BCUT2D eigenvalue weighted by Gasteiger charge is 2.15. The molecular formula is C12H10ClF3N4O.